The first-order valence-corrected chi connectivity index (χ1v) is 12.1. The summed E-state index contributed by atoms with van der Waals surface area (Å²) in [6.45, 7) is 4.34. The van der Waals surface area contributed by atoms with E-state index in [0.717, 1.165) is 48.8 Å². The monoisotopic (exact) mass is 444 g/mol. The molecular formula is C22H25FN4O3S. The molecule has 1 amide bonds. The molecule has 164 valence electrons. The van der Waals surface area contributed by atoms with Crippen LogP contribution in [0.25, 0.3) is 22.2 Å². The number of nitrogens with zero attached hydrogens (tertiary/aromatic N) is 3. The van der Waals surface area contributed by atoms with Gasteiger partial charge in [0.25, 0.3) is 0 Å². The summed E-state index contributed by atoms with van der Waals surface area (Å²) >= 11 is 0. The molecule has 1 aliphatic rings. The fraction of sp³-hybridized carbons (Fsp3) is 0.364. The highest BCUT2D eigenvalue weighted by molar-refractivity contribution is 7.92. The summed E-state index contributed by atoms with van der Waals surface area (Å²) in [6, 6.07) is 8.29. The Morgan fingerprint density at radius 3 is 2.65 bits per heavy atom. The number of anilines is 2. The first kappa shape index (κ1) is 21.3. The third-order valence-corrected chi connectivity index (χ3v) is 6.72. The van der Waals surface area contributed by atoms with Crippen molar-refractivity contribution in [2.45, 2.75) is 45.7 Å². The van der Waals surface area contributed by atoms with E-state index in [0.29, 0.717) is 11.4 Å². The molecule has 0 unspecified atom stereocenters. The molecule has 7 nitrogen and oxygen atoms in total. The second-order valence-electron chi connectivity index (χ2n) is 7.72. The second kappa shape index (κ2) is 8.30. The van der Waals surface area contributed by atoms with E-state index < -0.39 is 15.8 Å². The van der Waals surface area contributed by atoms with Crippen LogP contribution in [0.1, 0.15) is 33.1 Å². The highest BCUT2D eigenvalue weighted by Crippen LogP contribution is 2.36. The minimum absolute atomic E-state index is 0.0906. The number of aromatic nitrogens is 2. The molecule has 1 saturated carbocycles. The molecule has 1 N–H and O–H groups in total. The van der Waals surface area contributed by atoms with Gasteiger partial charge in [-0.3, -0.25) is 14.4 Å². The molecule has 3 aromatic rings. The van der Waals surface area contributed by atoms with E-state index in [2.05, 4.69) is 11.6 Å². The van der Waals surface area contributed by atoms with Crippen LogP contribution in [0, 0.1) is 5.82 Å². The third kappa shape index (κ3) is 4.27. The largest absolute Gasteiger partial charge is 0.332 e. The van der Waals surface area contributed by atoms with Crippen molar-refractivity contribution in [3.8, 4) is 11.1 Å². The summed E-state index contributed by atoms with van der Waals surface area (Å²) in [5.41, 5.74) is 1.97. The normalized spacial score (nSPS) is 14.0. The number of hydrogen-bond acceptors (Lipinski definition) is 4. The lowest BCUT2D eigenvalue weighted by Gasteiger charge is -2.18. The quantitative estimate of drug-likeness (QED) is 0.503. The highest BCUT2D eigenvalue weighted by atomic mass is 32.2. The van der Waals surface area contributed by atoms with Crippen molar-refractivity contribution in [2.24, 2.45) is 0 Å². The summed E-state index contributed by atoms with van der Waals surface area (Å²) in [4.78, 5) is 18.1. The molecule has 9 heteroatoms. The Bertz CT molecular complexity index is 1240. The van der Waals surface area contributed by atoms with Gasteiger partial charge in [0.15, 0.2) is 0 Å². The van der Waals surface area contributed by atoms with Crippen LogP contribution in [-0.2, 0) is 21.4 Å². The molecule has 0 bridgehead atoms. The fourth-order valence-electron chi connectivity index (χ4n) is 3.62. The van der Waals surface area contributed by atoms with E-state index in [1.54, 1.807) is 17.0 Å². The molecule has 2 heterocycles. The van der Waals surface area contributed by atoms with Gasteiger partial charge in [-0.1, -0.05) is 13.0 Å². The predicted molar refractivity (Wildman–Crippen MR) is 120 cm³/mol. The van der Waals surface area contributed by atoms with E-state index in [1.807, 2.05) is 16.8 Å². The van der Waals surface area contributed by atoms with Gasteiger partial charge in [-0.2, -0.15) is 0 Å². The lowest BCUT2D eigenvalue weighted by molar-refractivity contribution is -0.107. The number of nitrogens with one attached hydrogen (secondary N) is 1. The molecule has 0 radical (unpaired) electrons. The van der Waals surface area contributed by atoms with Crippen LogP contribution in [0.5, 0.6) is 0 Å². The van der Waals surface area contributed by atoms with Crippen LogP contribution < -0.4 is 9.62 Å². The standard InChI is InChI=1S/C22H25FN4O3S/c1-3-10-26-11-9-17-18(13-21(24-22(17)26)27(14-28)16-6-7-16)15-5-8-20(19(23)12-15)25-31(29,30)4-2/h5,8-9,11-14,16,25H,3-4,6-7,10H2,1-2H3. The minimum Gasteiger partial charge on any atom is -0.332 e. The van der Waals surface area contributed by atoms with Crippen LogP contribution in [-0.4, -0.2) is 36.2 Å². The maximum atomic E-state index is 14.8. The zero-order valence-electron chi connectivity index (χ0n) is 17.5. The number of carbonyl (C=O) groups excluding carboxylic acids is 1. The molecule has 1 aromatic carbocycles. The number of pyridine rings is 1. The van der Waals surface area contributed by atoms with Crippen molar-refractivity contribution in [1.82, 2.24) is 9.55 Å². The number of rotatable bonds is 9. The van der Waals surface area contributed by atoms with Gasteiger partial charge >= 0.3 is 0 Å². The average molecular weight is 445 g/mol. The summed E-state index contributed by atoms with van der Waals surface area (Å²) in [5, 5.41) is 0.847. The number of hydrogen-bond donors (Lipinski definition) is 1. The van der Waals surface area contributed by atoms with Gasteiger partial charge in [-0.25, -0.2) is 17.8 Å². The SMILES string of the molecule is CCCn1ccc2c(-c3ccc(NS(=O)(=O)CC)c(F)c3)cc(N(C=O)C3CC3)nc21. The number of amides is 1. The summed E-state index contributed by atoms with van der Waals surface area (Å²) < 4.78 is 42.7. The van der Waals surface area contributed by atoms with Crippen molar-refractivity contribution < 1.29 is 17.6 Å². The maximum absolute atomic E-state index is 14.8. The van der Waals surface area contributed by atoms with Gasteiger partial charge in [0, 0.05) is 24.2 Å². The van der Waals surface area contributed by atoms with Crippen LogP contribution in [0.15, 0.2) is 36.5 Å². The minimum atomic E-state index is -3.58. The topological polar surface area (TPSA) is 84.3 Å². The van der Waals surface area contributed by atoms with Gasteiger partial charge in [0.2, 0.25) is 16.4 Å². The van der Waals surface area contributed by atoms with Gasteiger partial charge in [-0.15, -0.1) is 0 Å². The van der Waals surface area contributed by atoms with Gasteiger partial charge < -0.3 is 4.57 Å². The fourth-order valence-corrected chi connectivity index (χ4v) is 4.27. The number of aryl methyl sites for hydroxylation is 1. The van der Waals surface area contributed by atoms with Gasteiger partial charge in [0.05, 0.1) is 11.4 Å². The van der Waals surface area contributed by atoms with E-state index in [-0.39, 0.29) is 17.5 Å². The Morgan fingerprint density at radius 1 is 1.26 bits per heavy atom. The van der Waals surface area contributed by atoms with Crippen LogP contribution in [0.4, 0.5) is 15.9 Å². The molecule has 4 rings (SSSR count). The molecular weight excluding hydrogens is 419 g/mol. The summed E-state index contributed by atoms with van der Waals surface area (Å²) in [5.74, 6) is -0.272. The molecule has 0 saturated heterocycles. The molecule has 0 spiro atoms. The Hall–Kier alpha value is -2.94. The zero-order chi connectivity index (χ0) is 22.2. The van der Waals surface area contributed by atoms with Crippen molar-refractivity contribution in [1.29, 1.82) is 0 Å². The van der Waals surface area contributed by atoms with Gasteiger partial charge in [-0.05, 0) is 61.6 Å². The molecule has 2 aromatic heterocycles. The second-order valence-corrected chi connectivity index (χ2v) is 9.73. The first-order chi connectivity index (χ1) is 14.9. The van der Waals surface area contributed by atoms with Crippen LogP contribution in [0.3, 0.4) is 0 Å². The number of sulfonamides is 1. The van der Waals surface area contributed by atoms with Crippen LogP contribution >= 0.6 is 0 Å². The maximum Gasteiger partial charge on any atom is 0.232 e. The molecule has 1 aliphatic carbocycles. The zero-order valence-corrected chi connectivity index (χ0v) is 18.3. The van der Waals surface area contributed by atoms with E-state index in [9.17, 15) is 17.6 Å². The summed E-state index contributed by atoms with van der Waals surface area (Å²) in [6.07, 6.45) is 5.53. The lowest BCUT2D eigenvalue weighted by Crippen LogP contribution is -2.24. The Balaban J connectivity index is 1.84. The van der Waals surface area contributed by atoms with Crippen molar-refractivity contribution in [3.05, 3.63) is 42.3 Å². The average Bonchev–Trinajstić information content (AvgIpc) is 3.50. The predicted octanol–water partition coefficient (Wildman–Crippen LogP) is 4.14. The molecule has 0 atom stereocenters. The van der Waals surface area contributed by atoms with Crippen molar-refractivity contribution in [2.75, 3.05) is 15.4 Å². The smallest absolute Gasteiger partial charge is 0.232 e. The molecule has 31 heavy (non-hydrogen) atoms. The van der Waals surface area contributed by atoms with Crippen molar-refractivity contribution >= 4 is 39.0 Å². The molecule has 0 aliphatic heterocycles. The number of halogens is 1. The third-order valence-electron chi connectivity index (χ3n) is 5.43. The Morgan fingerprint density at radius 2 is 2.03 bits per heavy atom. The summed E-state index contributed by atoms with van der Waals surface area (Å²) in [7, 11) is -3.58. The Kier molecular flexibility index (Phi) is 5.70. The van der Waals surface area contributed by atoms with Crippen molar-refractivity contribution in [3.63, 3.8) is 0 Å². The highest BCUT2D eigenvalue weighted by Gasteiger charge is 2.30. The van der Waals surface area contributed by atoms with Gasteiger partial charge in [0.1, 0.15) is 17.3 Å². The number of fused-ring (bicyclic) bond motifs is 1. The van der Waals surface area contributed by atoms with Crippen LogP contribution in [0.2, 0.25) is 0 Å². The van der Waals surface area contributed by atoms with E-state index >= 15 is 0 Å². The van der Waals surface area contributed by atoms with E-state index in [4.69, 9.17) is 4.98 Å². The lowest BCUT2D eigenvalue weighted by atomic mass is 10.0. The number of carbonyl (C=O) groups is 1. The van der Waals surface area contributed by atoms with E-state index in [1.165, 1.54) is 19.1 Å². The molecule has 1 fully saturated rings. The number of benzene rings is 1. The Labute approximate surface area is 180 Å². The first-order valence-electron chi connectivity index (χ1n) is 10.4.